The number of amides is 2. The first-order chi connectivity index (χ1) is 9.52. The topological polar surface area (TPSA) is 96.9 Å². The standard InChI is InChI=1S/C13H22N2O5/c1-13(11(16)17)8-20-7-10(13)15-12(18)14-4-2-9-3-5-19-6-9/h9-10H,2-8H2,1H3,(H,16,17)(H2,14,15,18). The number of ether oxygens (including phenoxy) is 2. The van der Waals surface area contributed by atoms with E-state index in [9.17, 15) is 14.7 Å². The van der Waals surface area contributed by atoms with Gasteiger partial charge in [-0.05, 0) is 25.7 Å². The largest absolute Gasteiger partial charge is 0.481 e. The van der Waals surface area contributed by atoms with E-state index in [-0.39, 0.29) is 19.2 Å². The molecule has 0 aliphatic carbocycles. The van der Waals surface area contributed by atoms with Crippen LogP contribution in [0.5, 0.6) is 0 Å². The van der Waals surface area contributed by atoms with Crippen LogP contribution in [0.1, 0.15) is 19.8 Å². The van der Waals surface area contributed by atoms with E-state index in [0.717, 1.165) is 26.1 Å². The van der Waals surface area contributed by atoms with Crippen LogP contribution in [0.3, 0.4) is 0 Å². The SMILES string of the molecule is CC1(C(=O)O)COCC1NC(=O)NCCC1CCOC1. The molecule has 2 aliphatic rings. The molecule has 0 saturated carbocycles. The predicted octanol–water partition coefficient (Wildman–Crippen LogP) is 0.202. The first kappa shape index (κ1) is 15.1. The molecule has 3 N–H and O–H groups in total. The van der Waals surface area contributed by atoms with Gasteiger partial charge in [-0.1, -0.05) is 0 Å². The average Bonchev–Trinajstić information content (AvgIpc) is 3.01. The number of rotatable bonds is 5. The van der Waals surface area contributed by atoms with Crippen molar-refractivity contribution in [3.05, 3.63) is 0 Å². The normalized spacial score (nSPS) is 33.0. The van der Waals surface area contributed by atoms with Crippen LogP contribution in [0.15, 0.2) is 0 Å². The van der Waals surface area contributed by atoms with E-state index in [1.54, 1.807) is 6.92 Å². The second-order valence-electron chi connectivity index (χ2n) is 5.71. The number of carboxylic acid groups (broad SMARTS) is 1. The Labute approximate surface area is 118 Å². The number of urea groups is 1. The van der Waals surface area contributed by atoms with Crippen molar-refractivity contribution in [3.63, 3.8) is 0 Å². The van der Waals surface area contributed by atoms with Crippen LogP contribution in [-0.4, -0.2) is 56.1 Å². The Hall–Kier alpha value is -1.34. The molecule has 2 aliphatic heterocycles. The molecule has 114 valence electrons. The summed E-state index contributed by atoms with van der Waals surface area (Å²) in [6.07, 6.45) is 1.92. The first-order valence-electron chi connectivity index (χ1n) is 6.95. The number of hydrogen-bond donors (Lipinski definition) is 3. The number of carboxylic acids is 1. The van der Waals surface area contributed by atoms with Crippen molar-refractivity contribution in [3.8, 4) is 0 Å². The van der Waals surface area contributed by atoms with Crippen molar-refractivity contribution in [1.82, 2.24) is 10.6 Å². The number of hydrogen-bond acceptors (Lipinski definition) is 4. The number of carbonyl (C=O) groups is 2. The minimum atomic E-state index is -1.06. The van der Waals surface area contributed by atoms with Crippen molar-refractivity contribution in [2.24, 2.45) is 11.3 Å². The molecule has 7 nitrogen and oxygen atoms in total. The fourth-order valence-electron chi connectivity index (χ4n) is 2.50. The molecule has 0 bridgehead atoms. The maximum Gasteiger partial charge on any atom is 0.315 e. The highest BCUT2D eigenvalue weighted by Crippen LogP contribution is 2.28. The van der Waals surface area contributed by atoms with Gasteiger partial charge in [-0.3, -0.25) is 4.79 Å². The lowest BCUT2D eigenvalue weighted by molar-refractivity contribution is -0.148. The lowest BCUT2D eigenvalue weighted by Gasteiger charge is -2.25. The van der Waals surface area contributed by atoms with Crippen LogP contribution < -0.4 is 10.6 Å². The zero-order valence-corrected chi connectivity index (χ0v) is 11.7. The molecule has 20 heavy (non-hydrogen) atoms. The summed E-state index contributed by atoms with van der Waals surface area (Å²) in [5.74, 6) is -0.446. The quantitative estimate of drug-likeness (QED) is 0.671. The summed E-state index contributed by atoms with van der Waals surface area (Å²) in [5, 5.41) is 14.7. The third-order valence-corrected chi connectivity index (χ3v) is 4.11. The molecular formula is C13H22N2O5. The molecular weight excluding hydrogens is 264 g/mol. The first-order valence-corrected chi connectivity index (χ1v) is 6.95. The maximum absolute atomic E-state index is 11.8. The van der Waals surface area contributed by atoms with Crippen LogP contribution in [0.25, 0.3) is 0 Å². The van der Waals surface area contributed by atoms with Crippen molar-refractivity contribution in [2.75, 3.05) is 33.0 Å². The number of carbonyl (C=O) groups excluding carboxylic acids is 1. The summed E-state index contributed by atoms with van der Waals surface area (Å²) in [6.45, 7) is 4.06. The molecule has 0 aromatic rings. The van der Waals surface area contributed by atoms with Gasteiger partial charge in [-0.25, -0.2) is 4.79 Å². The highest BCUT2D eigenvalue weighted by atomic mass is 16.5. The molecule has 3 unspecified atom stereocenters. The Balaban J connectivity index is 1.72. The van der Waals surface area contributed by atoms with Crippen molar-refractivity contribution in [2.45, 2.75) is 25.8 Å². The summed E-state index contributed by atoms with van der Waals surface area (Å²) in [5.41, 5.74) is -1.06. The van der Waals surface area contributed by atoms with Crippen molar-refractivity contribution in [1.29, 1.82) is 0 Å². The zero-order chi connectivity index (χ0) is 14.6. The van der Waals surface area contributed by atoms with Crippen LogP contribution in [0, 0.1) is 11.3 Å². The third-order valence-electron chi connectivity index (χ3n) is 4.11. The van der Waals surface area contributed by atoms with Gasteiger partial charge in [0.05, 0.1) is 19.3 Å². The van der Waals surface area contributed by atoms with Crippen LogP contribution >= 0.6 is 0 Å². The molecule has 0 aromatic carbocycles. The Bertz CT molecular complexity index is 370. The smallest absolute Gasteiger partial charge is 0.315 e. The summed E-state index contributed by atoms with van der Waals surface area (Å²) in [7, 11) is 0. The fraction of sp³-hybridized carbons (Fsp3) is 0.846. The highest BCUT2D eigenvalue weighted by molar-refractivity contribution is 5.79. The minimum Gasteiger partial charge on any atom is -0.481 e. The highest BCUT2D eigenvalue weighted by Gasteiger charge is 2.47. The fourth-order valence-corrected chi connectivity index (χ4v) is 2.50. The number of aliphatic carboxylic acids is 1. The monoisotopic (exact) mass is 286 g/mol. The van der Waals surface area contributed by atoms with Gasteiger partial charge >= 0.3 is 12.0 Å². The second kappa shape index (κ2) is 6.41. The molecule has 2 amide bonds. The third kappa shape index (κ3) is 3.40. The Morgan fingerprint density at radius 1 is 1.35 bits per heavy atom. The van der Waals surface area contributed by atoms with Gasteiger partial charge in [0.15, 0.2) is 0 Å². The van der Waals surface area contributed by atoms with Gasteiger partial charge in [-0.2, -0.15) is 0 Å². The number of nitrogens with one attached hydrogen (secondary N) is 2. The summed E-state index contributed by atoms with van der Waals surface area (Å²) in [4.78, 5) is 23.0. The molecule has 0 radical (unpaired) electrons. The minimum absolute atomic E-state index is 0.118. The maximum atomic E-state index is 11.8. The summed E-state index contributed by atoms with van der Waals surface area (Å²) >= 11 is 0. The summed E-state index contributed by atoms with van der Waals surface area (Å²) < 4.78 is 10.4. The Morgan fingerprint density at radius 3 is 2.80 bits per heavy atom. The lowest BCUT2D eigenvalue weighted by atomic mass is 9.85. The van der Waals surface area contributed by atoms with Crippen LogP contribution in [0.4, 0.5) is 4.79 Å². The van der Waals surface area contributed by atoms with Gasteiger partial charge in [0, 0.05) is 19.8 Å². The molecule has 2 heterocycles. The van der Waals surface area contributed by atoms with Crippen molar-refractivity contribution < 1.29 is 24.2 Å². The van der Waals surface area contributed by atoms with Crippen molar-refractivity contribution >= 4 is 12.0 Å². The molecule has 2 rings (SSSR count). The predicted molar refractivity (Wildman–Crippen MR) is 70.4 cm³/mol. The van der Waals surface area contributed by atoms with E-state index in [2.05, 4.69) is 10.6 Å². The average molecular weight is 286 g/mol. The molecule has 7 heteroatoms. The van der Waals surface area contributed by atoms with E-state index in [1.807, 2.05) is 0 Å². The molecule has 3 atom stereocenters. The van der Waals surface area contributed by atoms with E-state index in [4.69, 9.17) is 9.47 Å². The van der Waals surface area contributed by atoms with Crippen LogP contribution in [-0.2, 0) is 14.3 Å². The van der Waals surface area contributed by atoms with Gasteiger partial charge in [0.2, 0.25) is 0 Å². The van der Waals surface area contributed by atoms with E-state index in [1.165, 1.54) is 0 Å². The Morgan fingerprint density at radius 2 is 2.15 bits per heavy atom. The van der Waals surface area contributed by atoms with Crippen LogP contribution in [0.2, 0.25) is 0 Å². The Kier molecular flexibility index (Phi) is 4.82. The van der Waals surface area contributed by atoms with Gasteiger partial charge in [0.25, 0.3) is 0 Å². The van der Waals surface area contributed by atoms with E-state index < -0.39 is 17.4 Å². The second-order valence-corrected chi connectivity index (χ2v) is 5.71. The molecule has 0 spiro atoms. The molecule has 0 aromatic heterocycles. The summed E-state index contributed by atoms with van der Waals surface area (Å²) in [6, 6.07) is -0.846. The molecule has 2 fully saturated rings. The van der Waals surface area contributed by atoms with Gasteiger partial charge in [-0.15, -0.1) is 0 Å². The van der Waals surface area contributed by atoms with E-state index in [0.29, 0.717) is 12.5 Å². The lowest BCUT2D eigenvalue weighted by Crippen LogP contribution is -2.52. The van der Waals surface area contributed by atoms with E-state index >= 15 is 0 Å². The van der Waals surface area contributed by atoms with Gasteiger partial charge in [0.1, 0.15) is 5.41 Å². The van der Waals surface area contributed by atoms with Gasteiger partial charge < -0.3 is 25.2 Å². The molecule has 2 saturated heterocycles. The zero-order valence-electron chi connectivity index (χ0n) is 11.7.